The van der Waals surface area contributed by atoms with Gasteiger partial charge in [0.1, 0.15) is 5.76 Å². The van der Waals surface area contributed by atoms with E-state index in [0.29, 0.717) is 6.54 Å². The van der Waals surface area contributed by atoms with Gasteiger partial charge in [-0.25, -0.2) is 0 Å². The summed E-state index contributed by atoms with van der Waals surface area (Å²) in [6.07, 6.45) is 1.66. The number of hydrogen-bond acceptors (Lipinski definition) is 2. The third-order valence-electron chi connectivity index (χ3n) is 2.16. The summed E-state index contributed by atoms with van der Waals surface area (Å²) in [6, 6.07) is 9.73. The summed E-state index contributed by atoms with van der Waals surface area (Å²) in [4.78, 5) is 0. The molecule has 1 heterocycles. The van der Waals surface area contributed by atoms with Crippen molar-refractivity contribution in [2.45, 2.75) is 13.5 Å². The van der Waals surface area contributed by atoms with Crippen LogP contribution in [0.15, 0.2) is 41.0 Å². The Morgan fingerprint density at radius 2 is 2.20 bits per heavy atom. The van der Waals surface area contributed by atoms with Crippen LogP contribution in [0.3, 0.4) is 0 Å². The van der Waals surface area contributed by atoms with Gasteiger partial charge in [-0.15, -0.1) is 0 Å². The molecule has 2 aromatic rings. The molecule has 0 aliphatic heterocycles. The van der Waals surface area contributed by atoms with E-state index in [1.807, 2.05) is 37.3 Å². The number of aryl methyl sites for hydroxylation is 1. The molecule has 15 heavy (non-hydrogen) atoms. The fraction of sp³-hybridized carbons (Fsp3) is 0.167. The Labute approximate surface area is 93.9 Å². The van der Waals surface area contributed by atoms with Gasteiger partial charge in [-0.2, -0.15) is 0 Å². The van der Waals surface area contributed by atoms with Crippen molar-refractivity contribution in [3.8, 4) is 0 Å². The molecule has 0 amide bonds. The summed E-state index contributed by atoms with van der Waals surface area (Å²) in [5, 5.41) is 3.95. The first kappa shape index (κ1) is 10.1. The highest BCUT2D eigenvalue weighted by atomic mass is 35.5. The molecular formula is C12H12ClNO. The number of benzene rings is 1. The van der Waals surface area contributed by atoms with Gasteiger partial charge >= 0.3 is 0 Å². The minimum absolute atomic E-state index is 0.649. The van der Waals surface area contributed by atoms with Gasteiger partial charge in [-0.1, -0.05) is 17.7 Å². The highest BCUT2D eigenvalue weighted by molar-refractivity contribution is 6.33. The smallest absolute Gasteiger partial charge is 0.122 e. The Morgan fingerprint density at radius 3 is 2.87 bits per heavy atom. The molecule has 0 atom stereocenters. The zero-order valence-electron chi connectivity index (χ0n) is 8.46. The Balaban J connectivity index is 2.05. The van der Waals surface area contributed by atoms with Gasteiger partial charge in [0.2, 0.25) is 0 Å². The fourth-order valence-electron chi connectivity index (χ4n) is 1.36. The average molecular weight is 222 g/mol. The maximum atomic E-state index is 6.08. The van der Waals surface area contributed by atoms with Crippen LogP contribution in [0.4, 0.5) is 5.69 Å². The van der Waals surface area contributed by atoms with Crippen molar-refractivity contribution in [3.05, 3.63) is 52.9 Å². The summed E-state index contributed by atoms with van der Waals surface area (Å²) in [7, 11) is 0. The van der Waals surface area contributed by atoms with E-state index in [2.05, 4.69) is 5.32 Å². The minimum Gasteiger partial charge on any atom is -0.467 e. The molecule has 78 valence electrons. The maximum Gasteiger partial charge on any atom is 0.122 e. The normalized spacial score (nSPS) is 10.3. The Hall–Kier alpha value is -1.41. The lowest BCUT2D eigenvalue weighted by Gasteiger charge is -2.07. The van der Waals surface area contributed by atoms with E-state index in [1.165, 1.54) is 0 Å². The molecule has 0 radical (unpaired) electrons. The molecular weight excluding hydrogens is 210 g/mol. The lowest BCUT2D eigenvalue weighted by Crippen LogP contribution is -1.98. The topological polar surface area (TPSA) is 25.2 Å². The van der Waals surface area contributed by atoms with Crippen molar-refractivity contribution in [1.82, 2.24) is 0 Å². The highest BCUT2D eigenvalue weighted by Gasteiger charge is 2.00. The summed E-state index contributed by atoms with van der Waals surface area (Å²) >= 11 is 6.08. The molecule has 0 unspecified atom stereocenters. The number of anilines is 1. The van der Waals surface area contributed by atoms with Gasteiger partial charge < -0.3 is 9.73 Å². The molecule has 0 fully saturated rings. The van der Waals surface area contributed by atoms with E-state index in [0.717, 1.165) is 22.0 Å². The zero-order chi connectivity index (χ0) is 10.7. The van der Waals surface area contributed by atoms with Crippen molar-refractivity contribution >= 4 is 17.3 Å². The van der Waals surface area contributed by atoms with E-state index < -0.39 is 0 Å². The van der Waals surface area contributed by atoms with Gasteiger partial charge in [0.05, 0.1) is 23.5 Å². The first-order valence-electron chi connectivity index (χ1n) is 4.78. The second kappa shape index (κ2) is 4.41. The quantitative estimate of drug-likeness (QED) is 0.852. The van der Waals surface area contributed by atoms with Gasteiger partial charge in [-0.3, -0.25) is 0 Å². The molecule has 0 saturated carbocycles. The number of halogens is 1. The van der Waals surface area contributed by atoms with E-state index >= 15 is 0 Å². The lowest BCUT2D eigenvalue weighted by atomic mass is 10.2. The fourth-order valence-corrected chi connectivity index (χ4v) is 1.66. The third kappa shape index (κ3) is 2.54. The second-order valence-corrected chi connectivity index (χ2v) is 3.82. The van der Waals surface area contributed by atoms with Crippen LogP contribution < -0.4 is 5.32 Å². The summed E-state index contributed by atoms with van der Waals surface area (Å²) < 4.78 is 5.21. The van der Waals surface area contributed by atoms with Gasteiger partial charge in [0, 0.05) is 0 Å². The second-order valence-electron chi connectivity index (χ2n) is 3.42. The number of rotatable bonds is 3. The Bertz CT molecular complexity index is 437. The first-order valence-corrected chi connectivity index (χ1v) is 5.16. The SMILES string of the molecule is Cc1ccc(NCc2ccco2)c(Cl)c1. The van der Waals surface area contributed by atoms with Crippen molar-refractivity contribution in [1.29, 1.82) is 0 Å². The molecule has 0 spiro atoms. The summed E-state index contributed by atoms with van der Waals surface area (Å²) in [6.45, 7) is 2.66. The molecule has 2 rings (SSSR count). The molecule has 2 nitrogen and oxygen atoms in total. The van der Waals surface area contributed by atoms with Gasteiger partial charge in [-0.05, 0) is 36.8 Å². The van der Waals surface area contributed by atoms with Crippen molar-refractivity contribution in [2.24, 2.45) is 0 Å². The standard InChI is InChI=1S/C12H12ClNO/c1-9-4-5-12(11(13)7-9)14-8-10-3-2-6-15-10/h2-7,14H,8H2,1H3. The molecule has 1 aromatic carbocycles. The van der Waals surface area contributed by atoms with Crippen LogP contribution in [0.5, 0.6) is 0 Å². The molecule has 0 aliphatic carbocycles. The molecule has 1 N–H and O–H groups in total. The number of hydrogen-bond donors (Lipinski definition) is 1. The van der Waals surface area contributed by atoms with Crippen molar-refractivity contribution in [3.63, 3.8) is 0 Å². The Morgan fingerprint density at radius 1 is 1.33 bits per heavy atom. The number of nitrogens with one attached hydrogen (secondary N) is 1. The average Bonchev–Trinajstić information content (AvgIpc) is 2.69. The number of furan rings is 1. The van der Waals surface area contributed by atoms with Gasteiger partial charge in [0.15, 0.2) is 0 Å². The molecule has 0 bridgehead atoms. The predicted molar refractivity (Wildman–Crippen MR) is 62.2 cm³/mol. The maximum absolute atomic E-state index is 6.08. The van der Waals surface area contributed by atoms with Crippen LogP contribution in [0, 0.1) is 6.92 Å². The molecule has 0 saturated heterocycles. The predicted octanol–water partition coefficient (Wildman–Crippen LogP) is 3.85. The Kier molecular flexibility index (Phi) is 2.97. The third-order valence-corrected chi connectivity index (χ3v) is 2.47. The van der Waals surface area contributed by atoms with Crippen molar-refractivity contribution < 1.29 is 4.42 Å². The first-order chi connectivity index (χ1) is 7.25. The molecule has 1 aromatic heterocycles. The van der Waals surface area contributed by atoms with Crippen LogP contribution in [0.25, 0.3) is 0 Å². The van der Waals surface area contributed by atoms with Crippen LogP contribution in [0.2, 0.25) is 5.02 Å². The van der Waals surface area contributed by atoms with Crippen molar-refractivity contribution in [2.75, 3.05) is 5.32 Å². The van der Waals surface area contributed by atoms with E-state index in [9.17, 15) is 0 Å². The molecule has 3 heteroatoms. The minimum atomic E-state index is 0.649. The molecule has 0 aliphatic rings. The largest absolute Gasteiger partial charge is 0.467 e. The van der Waals surface area contributed by atoms with Crippen LogP contribution in [0.1, 0.15) is 11.3 Å². The van der Waals surface area contributed by atoms with Crippen LogP contribution in [-0.2, 0) is 6.54 Å². The zero-order valence-corrected chi connectivity index (χ0v) is 9.21. The van der Waals surface area contributed by atoms with E-state index in [4.69, 9.17) is 16.0 Å². The van der Waals surface area contributed by atoms with Crippen LogP contribution in [-0.4, -0.2) is 0 Å². The summed E-state index contributed by atoms with van der Waals surface area (Å²) in [5.74, 6) is 0.895. The van der Waals surface area contributed by atoms with E-state index in [1.54, 1.807) is 6.26 Å². The van der Waals surface area contributed by atoms with E-state index in [-0.39, 0.29) is 0 Å². The summed E-state index contributed by atoms with van der Waals surface area (Å²) in [5.41, 5.74) is 2.09. The highest BCUT2D eigenvalue weighted by Crippen LogP contribution is 2.23. The monoisotopic (exact) mass is 221 g/mol. The van der Waals surface area contributed by atoms with Gasteiger partial charge in [0.25, 0.3) is 0 Å². The van der Waals surface area contributed by atoms with Crippen LogP contribution >= 0.6 is 11.6 Å². The lowest BCUT2D eigenvalue weighted by molar-refractivity contribution is 0.518.